The van der Waals surface area contributed by atoms with Crippen molar-refractivity contribution >= 4 is 0 Å². The first-order chi connectivity index (χ1) is 9.79. The third kappa shape index (κ3) is 3.22. The van der Waals surface area contributed by atoms with Crippen molar-refractivity contribution in [3.8, 4) is 0 Å². The summed E-state index contributed by atoms with van der Waals surface area (Å²) in [5, 5.41) is 10.6. The molecule has 1 aromatic heterocycles. The van der Waals surface area contributed by atoms with Crippen LogP contribution in [-0.2, 0) is 6.54 Å². The minimum Gasteiger partial charge on any atom is -0.387 e. The van der Waals surface area contributed by atoms with E-state index in [0.717, 1.165) is 16.7 Å². The molecule has 0 radical (unpaired) electrons. The molecule has 21 heavy (non-hydrogen) atoms. The molecule has 112 valence electrons. The molecule has 0 aliphatic carbocycles. The van der Waals surface area contributed by atoms with Crippen LogP contribution in [-0.4, -0.2) is 14.7 Å². The third-order valence-corrected chi connectivity index (χ3v) is 3.75. The normalized spacial score (nSPS) is 12.5. The first kappa shape index (κ1) is 15.4. The standard InChI is InChI=1S/C17H22N2O2/c1-10-6-11(2)17(12(3)7-10)15(20)9-19-14(5)18-13(4)8-16(19)21/h6-8,15,20H,9H2,1-5H3. The fourth-order valence-electron chi connectivity index (χ4n) is 2.97. The first-order valence-corrected chi connectivity index (χ1v) is 7.10. The molecule has 0 aliphatic rings. The summed E-state index contributed by atoms with van der Waals surface area (Å²) in [6, 6.07) is 5.59. The molecule has 1 N–H and O–H groups in total. The van der Waals surface area contributed by atoms with Gasteiger partial charge in [0, 0.05) is 11.8 Å². The van der Waals surface area contributed by atoms with Gasteiger partial charge in [-0.15, -0.1) is 0 Å². The summed E-state index contributed by atoms with van der Waals surface area (Å²) >= 11 is 0. The maximum absolute atomic E-state index is 12.1. The molecule has 1 heterocycles. The molecule has 0 aliphatic heterocycles. The number of rotatable bonds is 3. The summed E-state index contributed by atoms with van der Waals surface area (Å²) in [7, 11) is 0. The third-order valence-electron chi connectivity index (χ3n) is 3.75. The van der Waals surface area contributed by atoms with Crippen LogP contribution in [0.15, 0.2) is 23.0 Å². The van der Waals surface area contributed by atoms with E-state index in [2.05, 4.69) is 17.1 Å². The van der Waals surface area contributed by atoms with Gasteiger partial charge in [-0.05, 0) is 51.3 Å². The number of hydrogen-bond acceptors (Lipinski definition) is 3. The molecule has 0 fully saturated rings. The van der Waals surface area contributed by atoms with E-state index >= 15 is 0 Å². The van der Waals surface area contributed by atoms with Gasteiger partial charge in [0.1, 0.15) is 5.82 Å². The average Bonchev–Trinajstić information content (AvgIpc) is 2.32. The number of aliphatic hydroxyl groups excluding tert-OH is 1. The molecule has 1 aromatic carbocycles. The molecule has 1 atom stereocenters. The predicted molar refractivity (Wildman–Crippen MR) is 83.6 cm³/mol. The Hall–Kier alpha value is -1.94. The quantitative estimate of drug-likeness (QED) is 0.943. The topological polar surface area (TPSA) is 55.1 Å². The summed E-state index contributed by atoms with van der Waals surface area (Å²) in [4.78, 5) is 16.4. The van der Waals surface area contributed by atoms with Crippen molar-refractivity contribution in [1.29, 1.82) is 0 Å². The maximum Gasteiger partial charge on any atom is 0.253 e. The average molecular weight is 286 g/mol. The van der Waals surface area contributed by atoms with Crippen LogP contribution in [0.3, 0.4) is 0 Å². The lowest BCUT2D eigenvalue weighted by Gasteiger charge is -2.19. The molecule has 2 rings (SSSR count). The Kier molecular flexibility index (Phi) is 4.28. The number of benzene rings is 1. The molecular formula is C17H22N2O2. The van der Waals surface area contributed by atoms with Gasteiger partial charge in [0.15, 0.2) is 0 Å². The lowest BCUT2D eigenvalue weighted by molar-refractivity contribution is 0.152. The van der Waals surface area contributed by atoms with Crippen LogP contribution in [0.1, 0.15) is 39.9 Å². The Morgan fingerprint density at radius 1 is 1.10 bits per heavy atom. The van der Waals surface area contributed by atoms with E-state index in [1.165, 1.54) is 16.2 Å². The van der Waals surface area contributed by atoms with E-state index in [1.54, 1.807) is 13.8 Å². The van der Waals surface area contributed by atoms with E-state index in [-0.39, 0.29) is 12.1 Å². The summed E-state index contributed by atoms with van der Waals surface area (Å²) in [6.45, 7) is 9.82. The van der Waals surface area contributed by atoms with Gasteiger partial charge >= 0.3 is 0 Å². The second-order valence-corrected chi connectivity index (χ2v) is 5.72. The van der Waals surface area contributed by atoms with Crippen LogP contribution < -0.4 is 5.56 Å². The lowest BCUT2D eigenvalue weighted by Crippen LogP contribution is -2.26. The lowest BCUT2D eigenvalue weighted by atomic mass is 9.95. The van der Waals surface area contributed by atoms with E-state index in [0.29, 0.717) is 11.5 Å². The number of aromatic nitrogens is 2. The van der Waals surface area contributed by atoms with Gasteiger partial charge in [-0.2, -0.15) is 0 Å². The molecule has 0 bridgehead atoms. The van der Waals surface area contributed by atoms with Crippen LogP contribution in [0.5, 0.6) is 0 Å². The highest BCUT2D eigenvalue weighted by Crippen LogP contribution is 2.24. The Bertz CT molecular complexity index is 709. The van der Waals surface area contributed by atoms with E-state index in [1.807, 2.05) is 20.8 Å². The zero-order valence-electron chi connectivity index (χ0n) is 13.3. The Labute approximate surface area is 125 Å². The van der Waals surface area contributed by atoms with Crippen LogP contribution in [0, 0.1) is 34.6 Å². The van der Waals surface area contributed by atoms with Gasteiger partial charge in [-0.1, -0.05) is 17.7 Å². The van der Waals surface area contributed by atoms with Crippen molar-refractivity contribution in [3.05, 3.63) is 62.3 Å². The molecule has 0 saturated carbocycles. The van der Waals surface area contributed by atoms with Crippen molar-refractivity contribution in [2.45, 2.75) is 47.3 Å². The molecule has 4 heteroatoms. The summed E-state index contributed by atoms with van der Waals surface area (Å²) in [5.41, 5.74) is 4.74. The van der Waals surface area contributed by atoms with Gasteiger partial charge in [0.25, 0.3) is 5.56 Å². The number of aliphatic hydroxyl groups is 1. The highest BCUT2D eigenvalue weighted by Gasteiger charge is 2.16. The summed E-state index contributed by atoms with van der Waals surface area (Å²) in [5.74, 6) is 0.626. The second-order valence-electron chi connectivity index (χ2n) is 5.72. The number of aryl methyl sites for hydroxylation is 5. The molecule has 0 saturated heterocycles. The fourth-order valence-corrected chi connectivity index (χ4v) is 2.97. The maximum atomic E-state index is 12.1. The van der Waals surface area contributed by atoms with Gasteiger partial charge < -0.3 is 5.11 Å². The molecule has 2 aromatic rings. The minimum atomic E-state index is -0.716. The molecule has 4 nitrogen and oxygen atoms in total. The number of hydrogen-bond donors (Lipinski definition) is 1. The van der Waals surface area contributed by atoms with Gasteiger partial charge in [-0.25, -0.2) is 4.98 Å². The van der Waals surface area contributed by atoms with Crippen molar-refractivity contribution in [2.75, 3.05) is 0 Å². The molecule has 0 amide bonds. The van der Waals surface area contributed by atoms with Gasteiger partial charge in [0.05, 0.1) is 12.6 Å². The first-order valence-electron chi connectivity index (χ1n) is 7.10. The fraction of sp³-hybridized carbons (Fsp3) is 0.412. The predicted octanol–water partition coefficient (Wildman–Crippen LogP) is 2.52. The zero-order valence-corrected chi connectivity index (χ0v) is 13.3. The van der Waals surface area contributed by atoms with Crippen LogP contribution in [0.25, 0.3) is 0 Å². The van der Waals surface area contributed by atoms with Crippen LogP contribution >= 0.6 is 0 Å². The Morgan fingerprint density at radius 2 is 1.67 bits per heavy atom. The summed E-state index contributed by atoms with van der Waals surface area (Å²) in [6.07, 6.45) is -0.716. The summed E-state index contributed by atoms with van der Waals surface area (Å²) < 4.78 is 1.52. The smallest absolute Gasteiger partial charge is 0.253 e. The van der Waals surface area contributed by atoms with Crippen LogP contribution in [0.4, 0.5) is 0 Å². The van der Waals surface area contributed by atoms with Gasteiger partial charge in [-0.3, -0.25) is 9.36 Å². The van der Waals surface area contributed by atoms with E-state index in [4.69, 9.17) is 0 Å². The zero-order chi connectivity index (χ0) is 15.7. The number of nitrogens with zero attached hydrogens (tertiary/aromatic N) is 2. The van der Waals surface area contributed by atoms with E-state index in [9.17, 15) is 9.90 Å². The Balaban J connectivity index is 2.40. The molecule has 0 spiro atoms. The van der Waals surface area contributed by atoms with E-state index < -0.39 is 6.10 Å². The highest BCUT2D eigenvalue weighted by molar-refractivity contribution is 5.38. The van der Waals surface area contributed by atoms with Crippen molar-refractivity contribution in [2.24, 2.45) is 0 Å². The van der Waals surface area contributed by atoms with Crippen molar-refractivity contribution in [3.63, 3.8) is 0 Å². The molecular weight excluding hydrogens is 264 g/mol. The largest absolute Gasteiger partial charge is 0.387 e. The highest BCUT2D eigenvalue weighted by atomic mass is 16.3. The van der Waals surface area contributed by atoms with Crippen LogP contribution in [0.2, 0.25) is 0 Å². The second kappa shape index (κ2) is 5.82. The van der Waals surface area contributed by atoms with Crippen molar-refractivity contribution < 1.29 is 5.11 Å². The van der Waals surface area contributed by atoms with Crippen molar-refractivity contribution in [1.82, 2.24) is 9.55 Å². The minimum absolute atomic E-state index is 0.124. The Morgan fingerprint density at radius 3 is 2.19 bits per heavy atom. The SMILES string of the molecule is Cc1cc(C)c(C(O)Cn2c(C)nc(C)cc2=O)c(C)c1. The molecule has 1 unspecified atom stereocenters. The van der Waals surface area contributed by atoms with Gasteiger partial charge in [0.2, 0.25) is 0 Å². The monoisotopic (exact) mass is 286 g/mol.